The first-order chi connectivity index (χ1) is 12.6. The monoisotopic (exact) mass is 344 g/mol. The van der Waals surface area contributed by atoms with E-state index in [0.717, 1.165) is 47.0 Å². The zero-order chi connectivity index (χ0) is 18.1. The van der Waals surface area contributed by atoms with Crippen molar-refractivity contribution in [3.8, 4) is 0 Å². The van der Waals surface area contributed by atoms with Gasteiger partial charge in [0.25, 0.3) is 0 Å². The molecule has 4 rings (SSSR count). The summed E-state index contributed by atoms with van der Waals surface area (Å²) in [5.74, 6) is 0.0804. The summed E-state index contributed by atoms with van der Waals surface area (Å²) in [6.45, 7) is 4.09. The summed E-state index contributed by atoms with van der Waals surface area (Å²) < 4.78 is 0. The molecule has 1 aliphatic carbocycles. The van der Waals surface area contributed by atoms with Gasteiger partial charge in [0.1, 0.15) is 0 Å². The van der Waals surface area contributed by atoms with Crippen molar-refractivity contribution < 1.29 is 4.79 Å². The van der Waals surface area contributed by atoms with E-state index in [-0.39, 0.29) is 11.4 Å². The van der Waals surface area contributed by atoms with Gasteiger partial charge in [-0.3, -0.25) is 9.78 Å². The average molecular weight is 344 g/mol. The predicted octanol–water partition coefficient (Wildman–Crippen LogP) is 4.59. The fraction of sp³-hybridized carbons (Fsp3) is 0.304. The first kappa shape index (κ1) is 16.8. The topological polar surface area (TPSA) is 42.0 Å². The molecular weight excluding hydrogens is 320 g/mol. The van der Waals surface area contributed by atoms with Crippen molar-refractivity contribution in [3.05, 3.63) is 77.0 Å². The molecule has 1 saturated carbocycles. The van der Waals surface area contributed by atoms with Gasteiger partial charge >= 0.3 is 0 Å². The maximum absolute atomic E-state index is 12.9. The number of hydrogen-bond donors (Lipinski definition) is 1. The molecule has 0 radical (unpaired) electrons. The number of benzene rings is 2. The summed E-state index contributed by atoms with van der Waals surface area (Å²) in [6, 6.07) is 18.5. The molecule has 1 heterocycles. The van der Waals surface area contributed by atoms with E-state index in [1.54, 1.807) is 0 Å². The number of amides is 1. The van der Waals surface area contributed by atoms with Crippen LogP contribution in [-0.4, -0.2) is 10.9 Å². The Morgan fingerprint density at radius 3 is 2.42 bits per heavy atom. The fourth-order valence-electron chi connectivity index (χ4n) is 4.08. The van der Waals surface area contributed by atoms with Gasteiger partial charge in [0.2, 0.25) is 5.91 Å². The van der Waals surface area contributed by atoms with Crippen LogP contribution in [0.3, 0.4) is 0 Å². The SMILES string of the molecule is Cc1nc2ccccc2c(C)c1CC(=O)NC1(c2ccccc2)CCC1. The van der Waals surface area contributed by atoms with Crippen LogP contribution in [0, 0.1) is 13.8 Å². The van der Waals surface area contributed by atoms with Gasteiger partial charge in [-0.15, -0.1) is 0 Å². The second-order valence-corrected chi connectivity index (χ2v) is 7.34. The number of rotatable bonds is 4. The third-order valence-corrected chi connectivity index (χ3v) is 5.74. The molecule has 132 valence electrons. The highest BCUT2D eigenvalue weighted by Crippen LogP contribution is 2.41. The van der Waals surface area contributed by atoms with E-state index in [1.165, 1.54) is 5.56 Å². The second kappa shape index (κ2) is 6.56. The van der Waals surface area contributed by atoms with E-state index in [2.05, 4.69) is 30.4 Å². The van der Waals surface area contributed by atoms with Gasteiger partial charge in [0.15, 0.2) is 0 Å². The summed E-state index contributed by atoms with van der Waals surface area (Å²) in [4.78, 5) is 17.6. The Morgan fingerprint density at radius 2 is 1.73 bits per heavy atom. The van der Waals surface area contributed by atoms with Crippen LogP contribution >= 0.6 is 0 Å². The molecule has 0 unspecified atom stereocenters. The Kier molecular flexibility index (Phi) is 4.23. The van der Waals surface area contributed by atoms with Gasteiger partial charge in [0.05, 0.1) is 17.5 Å². The molecule has 0 atom stereocenters. The van der Waals surface area contributed by atoms with Crippen molar-refractivity contribution in [2.24, 2.45) is 0 Å². The number of nitrogens with one attached hydrogen (secondary N) is 1. The van der Waals surface area contributed by atoms with E-state index in [0.29, 0.717) is 6.42 Å². The normalized spacial score (nSPS) is 15.5. The molecule has 2 aromatic carbocycles. The van der Waals surface area contributed by atoms with Gasteiger partial charge in [-0.25, -0.2) is 0 Å². The molecule has 3 aromatic rings. The minimum Gasteiger partial charge on any atom is -0.346 e. The lowest BCUT2D eigenvalue weighted by atomic mass is 9.71. The number of pyridine rings is 1. The van der Waals surface area contributed by atoms with Gasteiger partial charge in [-0.2, -0.15) is 0 Å². The second-order valence-electron chi connectivity index (χ2n) is 7.34. The van der Waals surface area contributed by atoms with Crippen LogP contribution in [0.4, 0.5) is 0 Å². The smallest absolute Gasteiger partial charge is 0.225 e. The molecule has 0 spiro atoms. The lowest BCUT2D eigenvalue weighted by Crippen LogP contribution is -2.51. The van der Waals surface area contributed by atoms with Crippen LogP contribution < -0.4 is 5.32 Å². The Morgan fingerprint density at radius 1 is 1.04 bits per heavy atom. The fourth-order valence-corrected chi connectivity index (χ4v) is 4.08. The summed E-state index contributed by atoms with van der Waals surface area (Å²) >= 11 is 0. The van der Waals surface area contributed by atoms with Gasteiger partial charge < -0.3 is 5.32 Å². The van der Waals surface area contributed by atoms with Gasteiger partial charge in [-0.05, 0) is 55.9 Å². The van der Waals surface area contributed by atoms with E-state index >= 15 is 0 Å². The molecule has 0 saturated heterocycles. The van der Waals surface area contributed by atoms with Crippen molar-refractivity contribution in [2.45, 2.75) is 45.1 Å². The Balaban J connectivity index is 1.60. The molecule has 1 aliphatic rings. The zero-order valence-corrected chi connectivity index (χ0v) is 15.4. The number of carbonyl (C=O) groups is 1. The van der Waals surface area contributed by atoms with Crippen LogP contribution in [-0.2, 0) is 16.8 Å². The van der Waals surface area contributed by atoms with Crippen molar-refractivity contribution in [1.29, 1.82) is 0 Å². The van der Waals surface area contributed by atoms with Gasteiger partial charge in [0, 0.05) is 11.1 Å². The van der Waals surface area contributed by atoms with E-state index in [1.807, 2.05) is 43.3 Å². The quantitative estimate of drug-likeness (QED) is 0.752. The van der Waals surface area contributed by atoms with Crippen LogP contribution in [0.5, 0.6) is 0 Å². The Labute approximate surface area is 154 Å². The van der Waals surface area contributed by atoms with Crippen molar-refractivity contribution in [1.82, 2.24) is 10.3 Å². The number of nitrogens with zero attached hydrogens (tertiary/aromatic N) is 1. The highest BCUT2D eigenvalue weighted by molar-refractivity contribution is 5.86. The Hall–Kier alpha value is -2.68. The molecule has 3 heteroatoms. The molecule has 0 aliphatic heterocycles. The molecule has 1 fully saturated rings. The summed E-state index contributed by atoms with van der Waals surface area (Å²) in [5, 5.41) is 4.46. The molecule has 26 heavy (non-hydrogen) atoms. The maximum atomic E-state index is 12.9. The minimum absolute atomic E-state index is 0.0804. The van der Waals surface area contributed by atoms with Crippen molar-refractivity contribution >= 4 is 16.8 Å². The highest BCUT2D eigenvalue weighted by atomic mass is 16.1. The predicted molar refractivity (Wildman–Crippen MR) is 105 cm³/mol. The molecular formula is C23H24N2O. The number of fused-ring (bicyclic) bond motifs is 1. The molecule has 3 nitrogen and oxygen atoms in total. The first-order valence-corrected chi connectivity index (χ1v) is 9.30. The largest absolute Gasteiger partial charge is 0.346 e. The van der Waals surface area contributed by atoms with E-state index in [9.17, 15) is 4.79 Å². The van der Waals surface area contributed by atoms with Crippen LogP contribution in [0.25, 0.3) is 10.9 Å². The average Bonchev–Trinajstić information content (AvgIpc) is 2.62. The van der Waals surface area contributed by atoms with Crippen molar-refractivity contribution in [3.63, 3.8) is 0 Å². The van der Waals surface area contributed by atoms with Crippen molar-refractivity contribution in [2.75, 3.05) is 0 Å². The zero-order valence-electron chi connectivity index (χ0n) is 15.4. The Bertz CT molecular complexity index is 959. The number of aryl methyl sites for hydroxylation is 2. The first-order valence-electron chi connectivity index (χ1n) is 9.30. The highest BCUT2D eigenvalue weighted by Gasteiger charge is 2.39. The number of carbonyl (C=O) groups excluding carboxylic acids is 1. The lowest BCUT2D eigenvalue weighted by molar-refractivity contribution is -0.123. The van der Waals surface area contributed by atoms with Crippen LogP contribution in [0.2, 0.25) is 0 Å². The maximum Gasteiger partial charge on any atom is 0.225 e. The minimum atomic E-state index is -0.190. The van der Waals surface area contributed by atoms with Gasteiger partial charge in [-0.1, -0.05) is 48.5 Å². The number of para-hydroxylation sites is 1. The summed E-state index contributed by atoms with van der Waals surface area (Å²) in [7, 11) is 0. The van der Waals surface area contributed by atoms with Crippen LogP contribution in [0.15, 0.2) is 54.6 Å². The molecule has 0 bridgehead atoms. The molecule has 1 N–H and O–H groups in total. The lowest BCUT2D eigenvalue weighted by Gasteiger charge is -2.43. The molecule has 1 aromatic heterocycles. The van der Waals surface area contributed by atoms with E-state index < -0.39 is 0 Å². The summed E-state index contributed by atoms with van der Waals surface area (Å²) in [5.41, 5.74) is 5.16. The molecule has 1 amide bonds. The summed E-state index contributed by atoms with van der Waals surface area (Å²) in [6.07, 6.45) is 3.56. The van der Waals surface area contributed by atoms with Crippen LogP contribution in [0.1, 0.15) is 41.6 Å². The number of aromatic nitrogens is 1. The standard InChI is InChI=1S/C23H24N2O/c1-16-19-11-6-7-12-21(19)24-17(2)20(16)15-22(26)25-23(13-8-14-23)18-9-4-3-5-10-18/h3-7,9-12H,8,13-15H2,1-2H3,(H,25,26). The van der Waals surface area contributed by atoms with E-state index in [4.69, 9.17) is 4.98 Å². The third-order valence-electron chi connectivity index (χ3n) is 5.74. The third kappa shape index (κ3) is 2.88. The number of hydrogen-bond acceptors (Lipinski definition) is 2.